The summed E-state index contributed by atoms with van der Waals surface area (Å²) >= 11 is 6.38. The third-order valence-electron chi connectivity index (χ3n) is 4.26. The molecular formula is C14H19ClN6O. The van der Waals surface area contributed by atoms with Crippen LogP contribution in [0.2, 0.25) is 5.15 Å². The van der Waals surface area contributed by atoms with Crippen LogP contribution >= 0.6 is 11.6 Å². The van der Waals surface area contributed by atoms with Crippen molar-refractivity contribution in [3.63, 3.8) is 0 Å². The van der Waals surface area contributed by atoms with Crippen LogP contribution in [0.5, 0.6) is 0 Å². The molecule has 0 unspecified atom stereocenters. The summed E-state index contributed by atoms with van der Waals surface area (Å²) in [7, 11) is 1.82. The zero-order chi connectivity index (χ0) is 15.9. The van der Waals surface area contributed by atoms with Gasteiger partial charge in [-0.1, -0.05) is 11.6 Å². The number of carbonyl (C=O) groups is 1. The second-order valence-electron chi connectivity index (χ2n) is 5.65. The van der Waals surface area contributed by atoms with Crippen LogP contribution in [-0.4, -0.2) is 41.9 Å². The molecular weight excluding hydrogens is 304 g/mol. The van der Waals surface area contributed by atoms with Gasteiger partial charge in [-0.05, 0) is 26.7 Å². The fourth-order valence-corrected chi connectivity index (χ4v) is 3.43. The van der Waals surface area contributed by atoms with Crippen molar-refractivity contribution in [1.29, 1.82) is 0 Å². The van der Waals surface area contributed by atoms with Crippen LogP contribution in [0.1, 0.15) is 43.1 Å². The molecule has 3 heterocycles. The number of hydrogen-bond donors (Lipinski definition) is 0. The Balaban J connectivity index is 1.88. The van der Waals surface area contributed by atoms with Crippen LogP contribution in [0.4, 0.5) is 0 Å². The average Bonchev–Trinajstić information content (AvgIpc) is 3.20. The molecule has 2 atom stereocenters. The quantitative estimate of drug-likeness (QED) is 0.865. The standard InChI is InChI=1S/C14H19ClN6O/c1-9-12(13(15)19(3)18-9)11-5-4-6-20(11)14(22)10(2)21-8-16-7-17-21/h7-8,10-11H,4-6H2,1-3H3/t10-,11-/m1/s1. The fraction of sp³-hybridized carbons (Fsp3) is 0.571. The van der Waals surface area contributed by atoms with Gasteiger partial charge in [-0.15, -0.1) is 0 Å². The van der Waals surface area contributed by atoms with E-state index in [0.717, 1.165) is 30.6 Å². The third-order valence-corrected chi connectivity index (χ3v) is 4.70. The third kappa shape index (κ3) is 2.39. The lowest BCUT2D eigenvalue weighted by Gasteiger charge is -2.27. The van der Waals surface area contributed by atoms with Gasteiger partial charge in [-0.3, -0.25) is 9.48 Å². The molecule has 2 aromatic heterocycles. The molecule has 1 aliphatic rings. The van der Waals surface area contributed by atoms with Crippen molar-refractivity contribution in [3.05, 3.63) is 29.1 Å². The summed E-state index contributed by atoms with van der Waals surface area (Å²) in [6, 6.07) is -0.390. The van der Waals surface area contributed by atoms with Crippen molar-refractivity contribution in [2.45, 2.75) is 38.8 Å². The molecule has 1 fully saturated rings. The Hall–Kier alpha value is -1.89. The van der Waals surface area contributed by atoms with Crippen molar-refractivity contribution in [2.75, 3.05) is 6.54 Å². The Morgan fingerprint density at radius 2 is 2.27 bits per heavy atom. The van der Waals surface area contributed by atoms with E-state index in [1.165, 1.54) is 6.33 Å². The highest BCUT2D eigenvalue weighted by atomic mass is 35.5. The minimum Gasteiger partial charge on any atom is -0.334 e. The normalized spacial score (nSPS) is 19.6. The predicted molar refractivity (Wildman–Crippen MR) is 81.4 cm³/mol. The lowest BCUT2D eigenvalue weighted by molar-refractivity contribution is -0.135. The Morgan fingerprint density at radius 3 is 2.86 bits per heavy atom. The van der Waals surface area contributed by atoms with Gasteiger partial charge in [0, 0.05) is 19.2 Å². The number of aryl methyl sites for hydroxylation is 2. The van der Waals surface area contributed by atoms with E-state index in [1.807, 2.05) is 25.8 Å². The van der Waals surface area contributed by atoms with Crippen LogP contribution in [0.15, 0.2) is 12.7 Å². The maximum absolute atomic E-state index is 12.8. The summed E-state index contributed by atoms with van der Waals surface area (Å²) in [4.78, 5) is 18.6. The second-order valence-corrected chi connectivity index (χ2v) is 6.01. The molecule has 0 aromatic carbocycles. The summed E-state index contributed by atoms with van der Waals surface area (Å²) in [5.74, 6) is 0.0346. The van der Waals surface area contributed by atoms with Crippen LogP contribution < -0.4 is 0 Å². The highest BCUT2D eigenvalue weighted by Crippen LogP contribution is 2.38. The summed E-state index contributed by atoms with van der Waals surface area (Å²) in [5.41, 5.74) is 1.84. The first kappa shape index (κ1) is 15.0. The van der Waals surface area contributed by atoms with Crippen LogP contribution in [-0.2, 0) is 11.8 Å². The summed E-state index contributed by atoms with van der Waals surface area (Å²) in [6.07, 6.45) is 4.87. The highest BCUT2D eigenvalue weighted by Gasteiger charge is 2.36. The van der Waals surface area contributed by atoms with Gasteiger partial charge in [0.25, 0.3) is 0 Å². The van der Waals surface area contributed by atoms with Crippen LogP contribution in [0.25, 0.3) is 0 Å². The summed E-state index contributed by atoms with van der Waals surface area (Å²) < 4.78 is 3.24. The molecule has 8 heteroatoms. The van der Waals surface area contributed by atoms with Gasteiger partial charge < -0.3 is 4.90 Å². The summed E-state index contributed by atoms with van der Waals surface area (Å²) in [5, 5.41) is 9.03. The number of halogens is 1. The zero-order valence-electron chi connectivity index (χ0n) is 12.9. The van der Waals surface area contributed by atoms with E-state index >= 15 is 0 Å². The number of rotatable bonds is 3. The first-order valence-corrected chi connectivity index (χ1v) is 7.72. The van der Waals surface area contributed by atoms with Gasteiger partial charge in [0.15, 0.2) is 0 Å². The summed E-state index contributed by atoms with van der Waals surface area (Å²) in [6.45, 7) is 4.50. The zero-order valence-corrected chi connectivity index (χ0v) is 13.7. The van der Waals surface area contributed by atoms with Crippen molar-refractivity contribution in [3.8, 4) is 0 Å². The van der Waals surface area contributed by atoms with Gasteiger partial charge >= 0.3 is 0 Å². The number of hydrogen-bond acceptors (Lipinski definition) is 4. The largest absolute Gasteiger partial charge is 0.334 e. The van der Waals surface area contributed by atoms with E-state index < -0.39 is 0 Å². The fourth-order valence-electron chi connectivity index (χ4n) is 3.13. The smallest absolute Gasteiger partial charge is 0.247 e. The lowest BCUT2D eigenvalue weighted by Crippen LogP contribution is -2.36. The molecule has 7 nitrogen and oxygen atoms in total. The van der Waals surface area contributed by atoms with Crippen LogP contribution in [0.3, 0.4) is 0 Å². The maximum Gasteiger partial charge on any atom is 0.247 e. The Labute approximate surface area is 133 Å². The molecule has 22 heavy (non-hydrogen) atoms. The van der Waals surface area contributed by atoms with Gasteiger partial charge in [-0.25, -0.2) is 9.67 Å². The number of carbonyl (C=O) groups excluding carboxylic acids is 1. The first-order chi connectivity index (χ1) is 10.5. The SMILES string of the molecule is Cc1nn(C)c(Cl)c1[C@H]1CCCN1C(=O)[C@@H](C)n1cncn1. The average molecular weight is 323 g/mol. The maximum atomic E-state index is 12.8. The molecule has 118 valence electrons. The predicted octanol–water partition coefficient (Wildman–Crippen LogP) is 1.90. The van der Waals surface area contributed by atoms with Crippen molar-refractivity contribution in [1.82, 2.24) is 29.4 Å². The minimum absolute atomic E-state index is 0.0142. The molecule has 1 aliphatic heterocycles. The number of likely N-dealkylation sites (tertiary alicyclic amines) is 1. The lowest BCUT2D eigenvalue weighted by atomic mass is 10.1. The molecule has 0 saturated carbocycles. The molecule has 1 amide bonds. The van der Waals surface area contributed by atoms with E-state index in [-0.39, 0.29) is 18.0 Å². The topological polar surface area (TPSA) is 68.8 Å². The van der Waals surface area contributed by atoms with Gasteiger partial charge in [0.05, 0.1) is 11.7 Å². The Morgan fingerprint density at radius 1 is 1.50 bits per heavy atom. The number of amides is 1. The van der Waals surface area contributed by atoms with E-state index in [9.17, 15) is 4.79 Å². The van der Waals surface area contributed by atoms with Gasteiger partial charge in [0.2, 0.25) is 5.91 Å². The molecule has 0 aliphatic carbocycles. The van der Waals surface area contributed by atoms with Gasteiger partial charge in [0.1, 0.15) is 23.8 Å². The Kier molecular flexibility index (Phi) is 3.90. The second kappa shape index (κ2) is 5.72. The van der Waals surface area contributed by atoms with E-state index in [4.69, 9.17) is 11.6 Å². The monoisotopic (exact) mass is 322 g/mol. The molecule has 2 aromatic rings. The number of aromatic nitrogens is 5. The van der Waals surface area contributed by atoms with E-state index in [1.54, 1.807) is 15.7 Å². The first-order valence-electron chi connectivity index (χ1n) is 7.34. The molecule has 3 rings (SSSR count). The molecule has 0 spiro atoms. The van der Waals surface area contributed by atoms with E-state index in [2.05, 4.69) is 15.2 Å². The van der Waals surface area contributed by atoms with Gasteiger partial charge in [-0.2, -0.15) is 10.2 Å². The minimum atomic E-state index is -0.376. The molecule has 1 saturated heterocycles. The molecule has 0 N–H and O–H groups in total. The molecule has 0 bridgehead atoms. The van der Waals surface area contributed by atoms with Crippen molar-refractivity contribution >= 4 is 17.5 Å². The van der Waals surface area contributed by atoms with Crippen molar-refractivity contribution in [2.24, 2.45) is 7.05 Å². The Bertz CT molecular complexity index is 680. The van der Waals surface area contributed by atoms with E-state index in [0.29, 0.717) is 5.15 Å². The number of nitrogens with zero attached hydrogens (tertiary/aromatic N) is 6. The molecule has 0 radical (unpaired) electrons. The van der Waals surface area contributed by atoms with Crippen molar-refractivity contribution < 1.29 is 4.79 Å². The van der Waals surface area contributed by atoms with Crippen LogP contribution in [0, 0.1) is 6.92 Å². The highest BCUT2D eigenvalue weighted by molar-refractivity contribution is 6.30.